The zero-order valence-corrected chi connectivity index (χ0v) is 16.9. The van der Waals surface area contributed by atoms with Crippen molar-refractivity contribution in [2.75, 3.05) is 12.3 Å². The number of aromatic nitrogens is 4. The summed E-state index contributed by atoms with van der Waals surface area (Å²) < 4.78 is 1.75. The van der Waals surface area contributed by atoms with Gasteiger partial charge in [-0.05, 0) is 73.1 Å². The van der Waals surface area contributed by atoms with Crippen LogP contribution in [0.25, 0.3) is 5.69 Å². The van der Waals surface area contributed by atoms with E-state index in [-0.39, 0.29) is 5.91 Å². The van der Waals surface area contributed by atoms with Crippen molar-refractivity contribution in [2.24, 2.45) is 5.92 Å². The van der Waals surface area contributed by atoms with Crippen molar-refractivity contribution in [3.63, 3.8) is 0 Å². The molecule has 1 aromatic heterocycles. The lowest BCUT2D eigenvalue weighted by Crippen LogP contribution is -2.50. The van der Waals surface area contributed by atoms with Crippen molar-refractivity contribution in [3.05, 3.63) is 29.3 Å². The number of hydrogen-bond donors (Lipinski definition) is 0. The molecule has 2 fully saturated rings. The summed E-state index contributed by atoms with van der Waals surface area (Å²) in [5.74, 6) is 1.34. The van der Waals surface area contributed by atoms with Crippen LogP contribution in [0, 0.1) is 19.8 Å². The van der Waals surface area contributed by atoms with Crippen molar-refractivity contribution in [3.8, 4) is 5.69 Å². The number of tetrazole rings is 1. The van der Waals surface area contributed by atoms with Crippen molar-refractivity contribution < 1.29 is 4.79 Å². The van der Waals surface area contributed by atoms with E-state index in [1.54, 1.807) is 4.68 Å². The summed E-state index contributed by atoms with van der Waals surface area (Å²) in [6, 6.07) is 6.56. The summed E-state index contributed by atoms with van der Waals surface area (Å²) >= 11 is 1.44. The minimum atomic E-state index is 0.229. The minimum absolute atomic E-state index is 0.229. The number of hydrogen-bond acceptors (Lipinski definition) is 5. The van der Waals surface area contributed by atoms with Crippen LogP contribution in [0.5, 0.6) is 0 Å². The van der Waals surface area contributed by atoms with Crippen molar-refractivity contribution >= 4 is 17.7 Å². The quantitative estimate of drug-likeness (QED) is 0.753. The van der Waals surface area contributed by atoms with E-state index in [4.69, 9.17) is 0 Å². The van der Waals surface area contributed by atoms with Gasteiger partial charge in [0.25, 0.3) is 0 Å². The van der Waals surface area contributed by atoms with Gasteiger partial charge in [0.1, 0.15) is 0 Å². The molecular formula is C20H27N5OS. The van der Waals surface area contributed by atoms with Gasteiger partial charge in [0.15, 0.2) is 0 Å². The van der Waals surface area contributed by atoms with E-state index in [2.05, 4.69) is 40.3 Å². The van der Waals surface area contributed by atoms with Crippen LogP contribution in [0.3, 0.4) is 0 Å². The van der Waals surface area contributed by atoms with E-state index in [0.717, 1.165) is 24.2 Å². The molecule has 1 aliphatic heterocycles. The highest BCUT2D eigenvalue weighted by atomic mass is 32.2. The third-order valence-corrected chi connectivity index (χ3v) is 7.04. The molecule has 2 atom stereocenters. The van der Waals surface area contributed by atoms with Gasteiger partial charge in [-0.3, -0.25) is 4.79 Å². The van der Waals surface area contributed by atoms with Crippen molar-refractivity contribution in [1.82, 2.24) is 25.1 Å². The molecule has 0 unspecified atom stereocenters. The zero-order valence-electron chi connectivity index (χ0n) is 16.1. The van der Waals surface area contributed by atoms with Crippen LogP contribution in [0.1, 0.15) is 49.7 Å². The normalized spacial score (nSPS) is 22.5. The number of carbonyl (C=O) groups is 1. The first-order valence-electron chi connectivity index (χ1n) is 9.92. The molecule has 6 nitrogen and oxygen atoms in total. The van der Waals surface area contributed by atoms with Gasteiger partial charge in [-0.15, -0.1) is 5.10 Å². The molecule has 2 heterocycles. The summed E-state index contributed by atoms with van der Waals surface area (Å²) in [6.45, 7) is 5.06. The smallest absolute Gasteiger partial charge is 0.233 e. The molecule has 1 saturated heterocycles. The molecule has 1 saturated carbocycles. The van der Waals surface area contributed by atoms with Gasteiger partial charge in [0.05, 0.1) is 11.4 Å². The molecule has 0 spiro atoms. The number of fused-ring (bicyclic) bond motifs is 1. The van der Waals surface area contributed by atoms with Crippen LogP contribution in [0.2, 0.25) is 0 Å². The molecule has 1 aliphatic carbocycles. The van der Waals surface area contributed by atoms with E-state index >= 15 is 0 Å². The van der Waals surface area contributed by atoms with E-state index < -0.39 is 0 Å². The number of piperidine rings is 1. The standard InChI is InChI=1S/C20H27N5OS/c1-14-7-5-11-17(15(14)2)25-20(21-22-23-25)27-13-19(26)24-12-6-9-16-8-3-4-10-18(16)24/h5,7,11,16,18H,3-4,6,8-10,12-13H2,1-2H3/t16-,18+/m1/s1. The van der Waals surface area contributed by atoms with E-state index in [0.29, 0.717) is 22.9 Å². The number of carbonyl (C=O) groups excluding carboxylic acids is 1. The number of thioether (sulfide) groups is 1. The van der Waals surface area contributed by atoms with Gasteiger partial charge in [0, 0.05) is 12.6 Å². The average molecular weight is 386 g/mol. The Morgan fingerprint density at radius 1 is 1.19 bits per heavy atom. The Labute approximate surface area is 164 Å². The monoisotopic (exact) mass is 385 g/mol. The number of nitrogens with zero attached hydrogens (tertiary/aromatic N) is 5. The summed E-state index contributed by atoms with van der Waals surface area (Å²) in [7, 11) is 0. The second kappa shape index (κ2) is 8.00. The fraction of sp³-hybridized carbons (Fsp3) is 0.600. The molecule has 2 aromatic rings. The first-order valence-corrected chi connectivity index (χ1v) is 10.9. The third kappa shape index (κ3) is 3.74. The van der Waals surface area contributed by atoms with Gasteiger partial charge in [-0.1, -0.05) is 36.7 Å². The highest BCUT2D eigenvalue weighted by Crippen LogP contribution is 2.35. The largest absolute Gasteiger partial charge is 0.339 e. The van der Waals surface area contributed by atoms with Crippen LogP contribution in [-0.4, -0.2) is 49.4 Å². The van der Waals surface area contributed by atoms with Crippen LogP contribution in [-0.2, 0) is 4.79 Å². The van der Waals surface area contributed by atoms with E-state index in [1.807, 2.05) is 12.1 Å². The summed E-state index contributed by atoms with van der Waals surface area (Å²) in [5.41, 5.74) is 3.33. The maximum Gasteiger partial charge on any atom is 0.233 e. The van der Waals surface area contributed by atoms with Crippen molar-refractivity contribution in [2.45, 2.75) is 63.6 Å². The molecule has 4 rings (SSSR count). The lowest BCUT2D eigenvalue weighted by atomic mass is 9.78. The molecular weight excluding hydrogens is 358 g/mol. The predicted molar refractivity (Wildman–Crippen MR) is 106 cm³/mol. The van der Waals surface area contributed by atoms with Gasteiger partial charge in [-0.25, -0.2) is 0 Å². The lowest BCUT2D eigenvalue weighted by Gasteiger charge is -2.44. The second-order valence-electron chi connectivity index (χ2n) is 7.72. The van der Waals surface area contributed by atoms with Gasteiger partial charge < -0.3 is 4.90 Å². The van der Waals surface area contributed by atoms with E-state index in [1.165, 1.54) is 49.4 Å². The Balaban J connectivity index is 1.46. The molecule has 144 valence electrons. The molecule has 1 aromatic carbocycles. The Kier molecular flexibility index (Phi) is 5.48. The molecule has 1 amide bonds. The number of rotatable bonds is 4. The van der Waals surface area contributed by atoms with Crippen molar-refractivity contribution in [1.29, 1.82) is 0 Å². The number of amides is 1. The molecule has 0 bridgehead atoms. The minimum Gasteiger partial charge on any atom is -0.339 e. The lowest BCUT2D eigenvalue weighted by molar-refractivity contribution is -0.134. The Hall–Kier alpha value is -1.89. The zero-order chi connectivity index (χ0) is 18.8. The van der Waals surface area contributed by atoms with Crippen LogP contribution in [0.4, 0.5) is 0 Å². The number of benzene rings is 1. The summed E-state index contributed by atoms with van der Waals surface area (Å²) in [5, 5.41) is 12.8. The Morgan fingerprint density at radius 3 is 2.89 bits per heavy atom. The fourth-order valence-electron chi connectivity index (χ4n) is 4.53. The third-order valence-electron chi connectivity index (χ3n) is 6.13. The Morgan fingerprint density at radius 2 is 2.00 bits per heavy atom. The highest BCUT2D eigenvalue weighted by Gasteiger charge is 2.35. The van der Waals surface area contributed by atoms with Gasteiger partial charge in [0.2, 0.25) is 11.1 Å². The molecule has 0 N–H and O–H groups in total. The first kappa shape index (κ1) is 18.5. The fourth-order valence-corrected chi connectivity index (χ4v) is 5.30. The maximum absolute atomic E-state index is 12.9. The van der Waals surface area contributed by atoms with Gasteiger partial charge in [-0.2, -0.15) is 4.68 Å². The SMILES string of the molecule is Cc1cccc(-n2nnnc2SCC(=O)N2CCC[C@H]3CCCC[C@@H]32)c1C. The highest BCUT2D eigenvalue weighted by molar-refractivity contribution is 7.99. The average Bonchev–Trinajstić information content (AvgIpc) is 3.16. The summed E-state index contributed by atoms with van der Waals surface area (Å²) in [6.07, 6.45) is 7.45. The summed E-state index contributed by atoms with van der Waals surface area (Å²) in [4.78, 5) is 15.1. The number of likely N-dealkylation sites (tertiary alicyclic amines) is 1. The maximum atomic E-state index is 12.9. The van der Waals surface area contributed by atoms with Gasteiger partial charge >= 0.3 is 0 Å². The van der Waals surface area contributed by atoms with E-state index in [9.17, 15) is 4.79 Å². The molecule has 2 aliphatic rings. The topological polar surface area (TPSA) is 63.9 Å². The number of aryl methyl sites for hydroxylation is 1. The van der Waals surface area contributed by atoms with Crippen LogP contribution in [0.15, 0.2) is 23.4 Å². The molecule has 0 radical (unpaired) electrons. The molecule has 7 heteroatoms. The molecule has 27 heavy (non-hydrogen) atoms. The predicted octanol–water partition coefficient (Wildman–Crippen LogP) is 3.55. The van der Waals surface area contributed by atoms with Crippen LogP contribution >= 0.6 is 11.8 Å². The first-order chi connectivity index (χ1) is 13.1. The second-order valence-corrected chi connectivity index (χ2v) is 8.66. The van der Waals surface area contributed by atoms with Crippen LogP contribution < -0.4 is 0 Å². The Bertz CT molecular complexity index is 818.